The number of halogens is 1. The van der Waals surface area contributed by atoms with E-state index in [1.807, 2.05) is 6.92 Å². The van der Waals surface area contributed by atoms with E-state index in [-0.39, 0.29) is 30.9 Å². The van der Waals surface area contributed by atoms with E-state index in [2.05, 4.69) is 5.32 Å². The average molecular weight is 432 g/mol. The highest BCUT2D eigenvalue weighted by Crippen LogP contribution is 2.41. The molecular weight excluding hydrogens is 411 g/mol. The Kier molecular flexibility index (Phi) is 5.03. The van der Waals surface area contributed by atoms with Gasteiger partial charge in [0.25, 0.3) is 5.91 Å². The Morgan fingerprint density at radius 1 is 1.23 bits per heavy atom. The Balaban J connectivity index is 2.03. The number of ether oxygens (including phenoxy) is 1. The molecule has 0 bridgehead atoms. The van der Waals surface area contributed by atoms with Crippen molar-refractivity contribution >= 4 is 32.6 Å². The van der Waals surface area contributed by atoms with Gasteiger partial charge in [-0.25, -0.2) is 12.8 Å². The molecule has 1 atom stereocenters. The molecule has 2 heterocycles. The summed E-state index contributed by atoms with van der Waals surface area (Å²) in [4.78, 5) is 12.7. The number of amides is 1. The Hall–Kier alpha value is -2.91. The van der Waals surface area contributed by atoms with E-state index in [9.17, 15) is 17.6 Å². The largest absolute Gasteiger partial charge is 0.455 e. The van der Waals surface area contributed by atoms with Crippen LogP contribution < -0.4 is 9.62 Å². The molecule has 1 amide bonds. The molecular formula is C21H21FN2O5S. The van der Waals surface area contributed by atoms with Gasteiger partial charge in [0.05, 0.1) is 36.8 Å². The van der Waals surface area contributed by atoms with Crippen LogP contribution in [-0.4, -0.2) is 40.8 Å². The van der Waals surface area contributed by atoms with Crippen LogP contribution in [0.15, 0.2) is 40.8 Å². The second-order valence-corrected chi connectivity index (χ2v) is 9.05. The summed E-state index contributed by atoms with van der Waals surface area (Å²) in [6, 6.07) is 8.98. The summed E-state index contributed by atoms with van der Waals surface area (Å²) in [6.45, 7) is 2.25. The summed E-state index contributed by atoms with van der Waals surface area (Å²) in [6.07, 6.45) is 0.761. The highest BCUT2D eigenvalue weighted by molar-refractivity contribution is 7.92. The number of hydrogen-bond donors (Lipinski definition) is 1. The Morgan fingerprint density at radius 2 is 1.93 bits per heavy atom. The fourth-order valence-electron chi connectivity index (χ4n) is 3.71. The number of rotatable bonds is 3. The number of furan rings is 1. The first-order valence-corrected chi connectivity index (χ1v) is 11.2. The maximum atomic E-state index is 13.4. The normalized spacial score (nSPS) is 16.9. The third-order valence-corrected chi connectivity index (χ3v) is 6.35. The SMILES string of the molecule is CNC(=O)c1c(-c2ccc(F)cc2)oc2cc3c(cc12)[C@H](C)OCCN3S(C)(=O)=O. The minimum Gasteiger partial charge on any atom is -0.455 e. The lowest BCUT2D eigenvalue weighted by molar-refractivity contribution is 0.0769. The summed E-state index contributed by atoms with van der Waals surface area (Å²) >= 11 is 0. The van der Waals surface area contributed by atoms with Gasteiger partial charge in [-0.2, -0.15) is 0 Å². The van der Waals surface area contributed by atoms with Gasteiger partial charge in [0.2, 0.25) is 10.0 Å². The van der Waals surface area contributed by atoms with Gasteiger partial charge < -0.3 is 14.5 Å². The van der Waals surface area contributed by atoms with Crippen LogP contribution in [0.5, 0.6) is 0 Å². The second-order valence-electron chi connectivity index (χ2n) is 7.15. The van der Waals surface area contributed by atoms with Crippen molar-refractivity contribution < 1.29 is 26.8 Å². The first-order valence-electron chi connectivity index (χ1n) is 9.38. The zero-order chi connectivity index (χ0) is 21.6. The minimum absolute atomic E-state index is 0.176. The number of nitrogens with one attached hydrogen (secondary N) is 1. The zero-order valence-electron chi connectivity index (χ0n) is 16.7. The van der Waals surface area contributed by atoms with Gasteiger partial charge in [0, 0.05) is 29.6 Å². The number of sulfonamides is 1. The van der Waals surface area contributed by atoms with Crippen LogP contribution in [0, 0.1) is 5.82 Å². The topological polar surface area (TPSA) is 88.8 Å². The van der Waals surface area contributed by atoms with E-state index in [1.165, 1.54) is 35.6 Å². The van der Waals surface area contributed by atoms with Crippen molar-refractivity contribution in [2.45, 2.75) is 13.0 Å². The van der Waals surface area contributed by atoms with Crippen molar-refractivity contribution in [3.05, 3.63) is 53.3 Å². The van der Waals surface area contributed by atoms with E-state index in [0.717, 1.165) is 6.26 Å². The molecule has 30 heavy (non-hydrogen) atoms. The van der Waals surface area contributed by atoms with E-state index >= 15 is 0 Å². The summed E-state index contributed by atoms with van der Waals surface area (Å²) < 4.78 is 51.2. The maximum Gasteiger partial charge on any atom is 0.255 e. The summed E-state index contributed by atoms with van der Waals surface area (Å²) in [5.74, 6) is -0.489. The summed E-state index contributed by atoms with van der Waals surface area (Å²) in [7, 11) is -2.04. The van der Waals surface area contributed by atoms with Crippen LogP contribution in [0.1, 0.15) is 28.9 Å². The van der Waals surface area contributed by atoms with E-state index in [0.29, 0.717) is 33.3 Å². The summed E-state index contributed by atoms with van der Waals surface area (Å²) in [5, 5.41) is 3.13. The van der Waals surface area contributed by atoms with Gasteiger partial charge in [-0.05, 0) is 37.3 Å². The third-order valence-electron chi connectivity index (χ3n) is 5.17. The Bertz CT molecular complexity index is 1230. The van der Waals surface area contributed by atoms with E-state index in [4.69, 9.17) is 9.15 Å². The minimum atomic E-state index is -3.55. The zero-order valence-corrected chi connectivity index (χ0v) is 17.5. The average Bonchev–Trinajstić information content (AvgIpc) is 2.98. The molecule has 0 aliphatic carbocycles. The molecule has 1 aromatic heterocycles. The molecule has 0 saturated heterocycles. The lowest BCUT2D eigenvalue weighted by atomic mass is 10.0. The third kappa shape index (κ3) is 3.44. The molecule has 3 aromatic rings. The fraction of sp³-hybridized carbons (Fsp3) is 0.286. The molecule has 2 aromatic carbocycles. The molecule has 158 valence electrons. The van der Waals surface area contributed by atoms with E-state index in [1.54, 1.807) is 12.1 Å². The quantitative estimate of drug-likeness (QED) is 0.685. The number of benzene rings is 2. The maximum absolute atomic E-state index is 13.4. The van der Waals surface area contributed by atoms with Crippen molar-refractivity contribution in [3.63, 3.8) is 0 Å². The van der Waals surface area contributed by atoms with E-state index < -0.39 is 15.8 Å². The lowest BCUT2D eigenvalue weighted by Gasteiger charge is -2.22. The predicted octanol–water partition coefficient (Wildman–Crippen LogP) is 3.46. The molecule has 0 spiro atoms. The molecule has 0 saturated carbocycles. The molecule has 0 fully saturated rings. The monoisotopic (exact) mass is 432 g/mol. The number of carbonyl (C=O) groups excluding carboxylic acids is 1. The van der Waals surface area contributed by atoms with Crippen molar-refractivity contribution in [2.75, 3.05) is 30.8 Å². The molecule has 4 rings (SSSR count). The number of nitrogens with zero attached hydrogens (tertiary/aromatic N) is 1. The summed E-state index contributed by atoms with van der Waals surface area (Å²) in [5.41, 5.74) is 2.28. The van der Waals surface area contributed by atoms with Crippen LogP contribution in [0.2, 0.25) is 0 Å². The lowest BCUT2D eigenvalue weighted by Crippen LogP contribution is -2.32. The first-order chi connectivity index (χ1) is 14.2. The number of anilines is 1. The van der Waals surface area contributed by atoms with Crippen molar-refractivity contribution in [1.29, 1.82) is 0 Å². The smallest absolute Gasteiger partial charge is 0.255 e. The molecule has 9 heteroatoms. The van der Waals surface area contributed by atoms with Crippen LogP contribution in [0.4, 0.5) is 10.1 Å². The molecule has 0 unspecified atom stereocenters. The first kappa shape index (κ1) is 20.4. The molecule has 7 nitrogen and oxygen atoms in total. The molecule has 0 radical (unpaired) electrons. The van der Waals surface area contributed by atoms with Crippen LogP contribution >= 0.6 is 0 Å². The highest BCUT2D eigenvalue weighted by atomic mass is 32.2. The number of fused-ring (bicyclic) bond motifs is 2. The van der Waals surface area contributed by atoms with Crippen molar-refractivity contribution in [1.82, 2.24) is 5.32 Å². The number of hydrogen-bond acceptors (Lipinski definition) is 5. The Morgan fingerprint density at radius 3 is 2.57 bits per heavy atom. The van der Waals surface area contributed by atoms with Gasteiger partial charge in [0.15, 0.2) is 0 Å². The van der Waals surface area contributed by atoms with Gasteiger partial charge in [-0.15, -0.1) is 0 Å². The van der Waals surface area contributed by atoms with Crippen molar-refractivity contribution in [2.24, 2.45) is 0 Å². The van der Waals surface area contributed by atoms with Gasteiger partial charge in [0.1, 0.15) is 17.2 Å². The second kappa shape index (κ2) is 7.41. The van der Waals surface area contributed by atoms with Crippen LogP contribution in [0.25, 0.3) is 22.3 Å². The predicted molar refractivity (Wildman–Crippen MR) is 112 cm³/mol. The molecule has 1 aliphatic rings. The number of carbonyl (C=O) groups is 1. The van der Waals surface area contributed by atoms with Gasteiger partial charge in [-0.1, -0.05) is 0 Å². The van der Waals surface area contributed by atoms with Crippen LogP contribution in [0.3, 0.4) is 0 Å². The van der Waals surface area contributed by atoms with Crippen molar-refractivity contribution in [3.8, 4) is 11.3 Å². The van der Waals surface area contributed by atoms with Gasteiger partial charge >= 0.3 is 0 Å². The molecule has 1 aliphatic heterocycles. The molecule has 1 N–H and O–H groups in total. The highest BCUT2D eigenvalue weighted by Gasteiger charge is 2.30. The fourth-order valence-corrected chi connectivity index (χ4v) is 4.63. The van der Waals surface area contributed by atoms with Gasteiger partial charge in [-0.3, -0.25) is 9.10 Å². The van der Waals surface area contributed by atoms with Crippen LogP contribution in [-0.2, 0) is 14.8 Å². The standard InChI is InChI=1S/C21H21FN2O5S/c1-12-15-10-16-18(11-17(15)24(8-9-28-12)30(3,26)27)29-20(19(16)21(25)23-2)13-4-6-14(22)7-5-13/h4-7,10-12H,8-9H2,1-3H3,(H,23,25)/t12-/m0/s1. The Labute approximate surface area is 173 Å².